The van der Waals surface area contributed by atoms with Crippen LogP contribution >= 0.6 is 0 Å². The molecule has 0 aliphatic heterocycles. The molecule has 0 saturated heterocycles. The molecule has 1 atom stereocenters. The third kappa shape index (κ3) is 3.89. The van der Waals surface area contributed by atoms with Gasteiger partial charge in [0.2, 0.25) is 0 Å². The molecule has 0 bridgehead atoms. The van der Waals surface area contributed by atoms with Gasteiger partial charge in [0.05, 0.1) is 47.0 Å². The Morgan fingerprint density at radius 1 is 1.13 bits per heavy atom. The van der Waals surface area contributed by atoms with Crippen LogP contribution in [-0.4, -0.2) is 36.2 Å². The molecule has 4 aromatic rings. The number of nitrogens with zero attached hydrogens (tertiary/aromatic N) is 5. The summed E-state index contributed by atoms with van der Waals surface area (Å²) in [6.07, 6.45) is 0.677. The van der Waals surface area contributed by atoms with Crippen LogP contribution in [-0.2, 0) is 6.18 Å². The number of pyridine rings is 3. The molecule has 4 rings (SSSR count). The molecule has 1 N–H and O–H groups in total. The third-order valence-corrected chi connectivity index (χ3v) is 4.80. The Balaban J connectivity index is 1.98. The van der Waals surface area contributed by atoms with E-state index in [0.29, 0.717) is 16.8 Å². The molecule has 0 fully saturated rings. The molecule has 4 heterocycles. The van der Waals surface area contributed by atoms with Crippen molar-refractivity contribution in [2.24, 2.45) is 0 Å². The average Bonchev–Trinajstić information content (AvgIpc) is 2.78. The Kier molecular flexibility index (Phi) is 5.24. The number of aliphatic hydroxyl groups excluding tert-OH is 1. The number of fused-ring (bicyclic) bond motifs is 1. The quantitative estimate of drug-likeness (QED) is 0.536. The Hall–Kier alpha value is -3.66. The standard InChI is InChI=1S/C21H16F3N5O2/c1-12(10-30)29-11-27-19-15(20(29)31)7-17(28-18(19)13-3-2-6-25-8-13)16-5-4-14(9-26-16)21(22,23)24/h2-9,11-12,30H,10H2,1H3/t12-/m0/s1. The van der Waals surface area contributed by atoms with Crippen molar-refractivity contribution in [3.05, 3.63) is 71.2 Å². The van der Waals surface area contributed by atoms with E-state index in [2.05, 4.69) is 19.9 Å². The molecule has 0 spiro atoms. The molecule has 0 aliphatic carbocycles. The van der Waals surface area contributed by atoms with Crippen molar-refractivity contribution in [3.8, 4) is 22.6 Å². The van der Waals surface area contributed by atoms with E-state index < -0.39 is 23.3 Å². The highest BCUT2D eigenvalue weighted by Crippen LogP contribution is 2.31. The van der Waals surface area contributed by atoms with Gasteiger partial charge in [-0.25, -0.2) is 9.97 Å². The molecule has 10 heteroatoms. The summed E-state index contributed by atoms with van der Waals surface area (Å²) in [5.41, 5.74) is 0.343. The van der Waals surface area contributed by atoms with Crippen LogP contribution in [0.1, 0.15) is 18.5 Å². The van der Waals surface area contributed by atoms with Crippen LogP contribution in [0.2, 0.25) is 0 Å². The maximum absolute atomic E-state index is 13.1. The monoisotopic (exact) mass is 427 g/mol. The van der Waals surface area contributed by atoms with Crippen LogP contribution in [0.5, 0.6) is 0 Å². The Morgan fingerprint density at radius 3 is 2.55 bits per heavy atom. The lowest BCUT2D eigenvalue weighted by Gasteiger charge is -2.14. The van der Waals surface area contributed by atoms with Gasteiger partial charge in [-0.05, 0) is 37.3 Å². The van der Waals surface area contributed by atoms with Crippen LogP contribution in [0, 0.1) is 0 Å². The lowest BCUT2D eigenvalue weighted by molar-refractivity contribution is -0.137. The first-order valence-electron chi connectivity index (χ1n) is 9.26. The summed E-state index contributed by atoms with van der Waals surface area (Å²) in [6, 6.07) is 6.49. The first-order chi connectivity index (χ1) is 14.8. The molecule has 0 aromatic carbocycles. The number of hydrogen-bond donors (Lipinski definition) is 1. The van der Waals surface area contributed by atoms with E-state index in [0.717, 1.165) is 12.3 Å². The first-order valence-corrected chi connectivity index (χ1v) is 9.26. The fraction of sp³-hybridized carbons (Fsp3) is 0.190. The van der Waals surface area contributed by atoms with E-state index in [-0.39, 0.29) is 23.4 Å². The number of aliphatic hydroxyl groups is 1. The van der Waals surface area contributed by atoms with Crippen molar-refractivity contribution in [1.82, 2.24) is 24.5 Å². The highest BCUT2D eigenvalue weighted by Gasteiger charge is 2.30. The second-order valence-corrected chi connectivity index (χ2v) is 6.91. The van der Waals surface area contributed by atoms with Crippen molar-refractivity contribution >= 4 is 10.9 Å². The molecule has 7 nitrogen and oxygen atoms in total. The molecule has 0 radical (unpaired) electrons. The molecule has 31 heavy (non-hydrogen) atoms. The van der Waals surface area contributed by atoms with Gasteiger partial charge in [0.25, 0.3) is 5.56 Å². The molecule has 4 aromatic heterocycles. The third-order valence-electron chi connectivity index (χ3n) is 4.80. The fourth-order valence-corrected chi connectivity index (χ4v) is 3.09. The largest absolute Gasteiger partial charge is 0.417 e. The Labute approximate surface area is 173 Å². The smallest absolute Gasteiger partial charge is 0.394 e. The van der Waals surface area contributed by atoms with E-state index in [9.17, 15) is 23.1 Å². The summed E-state index contributed by atoms with van der Waals surface area (Å²) in [6.45, 7) is 1.40. The SMILES string of the molecule is C[C@@H](CO)n1cnc2c(-c3cccnc3)nc(-c3ccc(C(F)(F)F)cn3)cc2c1=O. The predicted octanol–water partition coefficient (Wildman–Crippen LogP) is 3.49. The maximum atomic E-state index is 13.1. The van der Waals surface area contributed by atoms with Crippen LogP contribution < -0.4 is 5.56 Å². The molecule has 0 unspecified atom stereocenters. The molecule has 0 amide bonds. The highest BCUT2D eigenvalue weighted by atomic mass is 19.4. The zero-order valence-corrected chi connectivity index (χ0v) is 16.2. The van der Waals surface area contributed by atoms with Gasteiger partial charge in [0.15, 0.2) is 0 Å². The topological polar surface area (TPSA) is 93.8 Å². The summed E-state index contributed by atoms with van der Waals surface area (Å²) >= 11 is 0. The molecular formula is C21H16F3N5O2. The molecule has 158 valence electrons. The second-order valence-electron chi connectivity index (χ2n) is 6.91. The van der Waals surface area contributed by atoms with Crippen LogP contribution in [0.3, 0.4) is 0 Å². The van der Waals surface area contributed by atoms with E-state index >= 15 is 0 Å². The van der Waals surface area contributed by atoms with E-state index in [1.807, 2.05) is 0 Å². The normalized spacial score (nSPS) is 12.8. The summed E-state index contributed by atoms with van der Waals surface area (Å²) in [5.74, 6) is 0. The van der Waals surface area contributed by atoms with E-state index in [4.69, 9.17) is 0 Å². The summed E-state index contributed by atoms with van der Waals surface area (Å²) < 4.78 is 40.0. The predicted molar refractivity (Wildman–Crippen MR) is 107 cm³/mol. The highest BCUT2D eigenvalue weighted by molar-refractivity contribution is 5.93. The Bertz CT molecular complexity index is 1290. The van der Waals surface area contributed by atoms with Gasteiger partial charge in [-0.1, -0.05) is 0 Å². The van der Waals surface area contributed by atoms with Crippen molar-refractivity contribution < 1.29 is 18.3 Å². The van der Waals surface area contributed by atoms with Crippen molar-refractivity contribution in [2.45, 2.75) is 19.1 Å². The van der Waals surface area contributed by atoms with Gasteiger partial charge in [0, 0.05) is 24.2 Å². The molecule has 0 aliphatic rings. The van der Waals surface area contributed by atoms with Gasteiger partial charge in [-0.2, -0.15) is 13.2 Å². The lowest BCUT2D eigenvalue weighted by atomic mass is 10.1. The van der Waals surface area contributed by atoms with Crippen LogP contribution in [0.4, 0.5) is 13.2 Å². The Morgan fingerprint density at radius 2 is 1.94 bits per heavy atom. The first kappa shape index (κ1) is 20.6. The fourth-order valence-electron chi connectivity index (χ4n) is 3.09. The van der Waals surface area contributed by atoms with Crippen LogP contribution in [0.15, 0.2) is 60.0 Å². The number of halogens is 3. The minimum absolute atomic E-state index is 0.171. The minimum atomic E-state index is -4.51. The van der Waals surface area contributed by atoms with Crippen molar-refractivity contribution in [1.29, 1.82) is 0 Å². The van der Waals surface area contributed by atoms with Gasteiger partial charge < -0.3 is 5.11 Å². The average molecular weight is 427 g/mol. The zero-order valence-electron chi connectivity index (χ0n) is 16.2. The van der Waals surface area contributed by atoms with Gasteiger partial charge in [-0.15, -0.1) is 0 Å². The number of rotatable bonds is 4. The lowest BCUT2D eigenvalue weighted by Crippen LogP contribution is -2.26. The van der Waals surface area contributed by atoms with Crippen LogP contribution in [0.25, 0.3) is 33.5 Å². The summed E-state index contributed by atoms with van der Waals surface area (Å²) in [5, 5.41) is 9.63. The van der Waals surface area contributed by atoms with E-state index in [1.165, 1.54) is 23.0 Å². The second kappa shape index (κ2) is 7.88. The zero-order chi connectivity index (χ0) is 22.2. The summed E-state index contributed by atoms with van der Waals surface area (Å²) in [4.78, 5) is 29.9. The van der Waals surface area contributed by atoms with E-state index in [1.54, 1.807) is 31.5 Å². The number of aromatic nitrogens is 5. The van der Waals surface area contributed by atoms with Gasteiger partial charge >= 0.3 is 6.18 Å². The van der Waals surface area contributed by atoms with Crippen molar-refractivity contribution in [2.75, 3.05) is 6.61 Å². The molecular weight excluding hydrogens is 411 g/mol. The van der Waals surface area contributed by atoms with Gasteiger partial charge in [0.1, 0.15) is 5.52 Å². The van der Waals surface area contributed by atoms with Crippen molar-refractivity contribution in [3.63, 3.8) is 0 Å². The van der Waals surface area contributed by atoms with Gasteiger partial charge in [-0.3, -0.25) is 19.3 Å². The molecule has 0 saturated carbocycles. The number of alkyl halides is 3. The minimum Gasteiger partial charge on any atom is -0.394 e. The summed E-state index contributed by atoms with van der Waals surface area (Å²) in [7, 11) is 0. The maximum Gasteiger partial charge on any atom is 0.417 e. The number of hydrogen-bond acceptors (Lipinski definition) is 6.